The average molecular weight is 1130 g/mol. The lowest BCUT2D eigenvalue weighted by molar-refractivity contribution is -0.379. The first-order valence-corrected chi connectivity index (χ1v) is 31.1. The van der Waals surface area contributed by atoms with Gasteiger partial charge in [-0.3, -0.25) is 4.79 Å². The summed E-state index contributed by atoms with van der Waals surface area (Å²) in [5.41, 5.74) is 0. The standard InChI is InChI=1S/C60H111NO18/c1-3-5-7-9-11-13-15-17-19-20-21-22-23-24-25-27-29-31-33-35-37-44(65)43(61-48(66)38-36-34-32-30-28-26-18-16-14-12-10-8-6-4-2)42-74-58-54(72)51(69)56(46(40-63)76-58)79-60-55(73)52(70)57(47(41-64)77-60)78-59-53(71)50(68)49(67)45(39-62)75-59/h10,12,16,18,43-47,49-60,62-65,67-73H,3-9,11,13-15,17,19-42H2,1-2H3,(H,61,66)/b12-10-,18-16-. The third kappa shape index (κ3) is 27.7. The zero-order valence-electron chi connectivity index (χ0n) is 48.4. The molecule has 3 aliphatic rings. The van der Waals surface area contributed by atoms with Crippen LogP contribution in [0.4, 0.5) is 0 Å². The number of hydrogen-bond donors (Lipinski definition) is 12. The summed E-state index contributed by atoms with van der Waals surface area (Å²) in [4.78, 5) is 13.3. The van der Waals surface area contributed by atoms with Gasteiger partial charge in [0, 0.05) is 6.42 Å². The number of aliphatic hydroxyl groups excluding tert-OH is 11. The Hall–Kier alpha value is -1.73. The first-order valence-electron chi connectivity index (χ1n) is 31.1. The number of carbonyl (C=O) groups excluding carboxylic acids is 1. The predicted molar refractivity (Wildman–Crippen MR) is 300 cm³/mol. The molecule has 79 heavy (non-hydrogen) atoms. The lowest BCUT2D eigenvalue weighted by atomic mass is 9.96. The minimum atomic E-state index is -1.97. The zero-order chi connectivity index (χ0) is 57.6. The number of allylic oxidation sites excluding steroid dienone is 4. The molecule has 3 aliphatic heterocycles. The molecule has 0 aromatic rings. The van der Waals surface area contributed by atoms with Crippen molar-refractivity contribution in [3.05, 3.63) is 24.3 Å². The number of hydrogen-bond acceptors (Lipinski definition) is 18. The summed E-state index contributed by atoms with van der Waals surface area (Å²) in [6, 6.07) is -0.892. The quantitative estimate of drug-likeness (QED) is 0.0248. The van der Waals surface area contributed by atoms with Gasteiger partial charge < -0.3 is 89.9 Å². The van der Waals surface area contributed by atoms with E-state index in [1.807, 2.05) is 0 Å². The number of carbonyl (C=O) groups is 1. The highest BCUT2D eigenvalue weighted by atomic mass is 16.8. The minimum Gasteiger partial charge on any atom is -0.394 e. The van der Waals surface area contributed by atoms with Crippen molar-refractivity contribution in [2.75, 3.05) is 26.4 Å². The molecule has 0 radical (unpaired) electrons. The molecule has 0 spiro atoms. The average Bonchev–Trinajstić information content (AvgIpc) is 3.55. The van der Waals surface area contributed by atoms with Gasteiger partial charge in [-0.1, -0.05) is 199 Å². The number of rotatable bonds is 46. The molecule has 0 aromatic heterocycles. The maximum Gasteiger partial charge on any atom is 0.220 e. The summed E-state index contributed by atoms with van der Waals surface area (Å²) in [6.45, 7) is 1.74. The van der Waals surface area contributed by atoms with Gasteiger partial charge in [0.05, 0.1) is 38.6 Å². The van der Waals surface area contributed by atoms with Crippen LogP contribution >= 0.6 is 0 Å². The second-order valence-corrected chi connectivity index (χ2v) is 22.5. The van der Waals surface area contributed by atoms with Crippen LogP contribution in [0.3, 0.4) is 0 Å². The lowest BCUT2D eigenvalue weighted by Crippen LogP contribution is -2.66. The van der Waals surface area contributed by atoms with Gasteiger partial charge in [0.2, 0.25) is 5.91 Å². The van der Waals surface area contributed by atoms with E-state index in [0.29, 0.717) is 12.8 Å². The minimum absolute atomic E-state index is 0.251. The topological polar surface area (TPSA) is 307 Å². The molecular weight excluding hydrogens is 1020 g/mol. The fraction of sp³-hybridized carbons (Fsp3) is 0.917. The van der Waals surface area contributed by atoms with Crippen LogP contribution in [0.25, 0.3) is 0 Å². The molecule has 12 N–H and O–H groups in total. The number of unbranched alkanes of at least 4 members (excludes halogenated alkanes) is 26. The fourth-order valence-corrected chi connectivity index (χ4v) is 10.6. The van der Waals surface area contributed by atoms with Gasteiger partial charge in [-0.25, -0.2) is 0 Å². The Morgan fingerprint density at radius 3 is 1.33 bits per heavy atom. The Morgan fingerprint density at radius 2 is 0.848 bits per heavy atom. The molecule has 464 valence electrons. The van der Waals surface area contributed by atoms with E-state index >= 15 is 0 Å². The summed E-state index contributed by atoms with van der Waals surface area (Å²) in [7, 11) is 0. The van der Waals surface area contributed by atoms with Crippen LogP contribution < -0.4 is 5.32 Å². The SMILES string of the molecule is CCCC/C=C\C/C=C\CCCCCCCC(=O)NC(COC1OC(CO)C(OC2OC(CO)C(OC3OC(CO)C(O)C(O)C3O)C(O)C2O)C(O)C1O)C(O)CCCCCCCCCCCCCCCCCCCCCC. The number of amides is 1. The Morgan fingerprint density at radius 1 is 0.456 bits per heavy atom. The van der Waals surface area contributed by atoms with Gasteiger partial charge >= 0.3 is 0 Å². The second kappa shape index (κ2) is 43.8. The van der Waals surface area contributed by atoms with Crippen molar-refractivity contribution in [1.29, 1.82) is 0 Å². The van der Waals surface area contributed by atoms with Crippen LogP contribution in [0.15, 0.2) is 24.3 Å². The molecule has 3 saturated heterocycles. The smallest absolute Gasteiger partial charge is 0.220 e. The van der Waals surface area contributed by atoms with Gasteiger partial charge in [0.1, 0.15) is 73.2 Å². The first-order chi connectivity index (χ1) is 38.3. The van der Waals surface area contributed by atoms with Crippen molar-refractivity contribution in [2.24, 2.45) is 0 Å². The van der Waals surface area contributed by atoms with E-state index in [4.69, 9.17) is 28.4 Å². The number of aliphatic hydroxyl groups is 11. The van der Waals surface area contributed by atoms with Gasteiger partial charge in [-0.05, 0) is 38.5 Å². The highest BCUT2D eigenvalue weighted by Gasteiger charge is 2.53. The molecular formula is C60H111NO18. The Labute approximate surface area is 473 Å². The third-order valence-corrected chi connectivity index (χ3v) is 15.8. The van der Waals surface area contributed by atoms with Crippen LogP contribution in [0.5, 0.6) is 0 Å². The van der Waals surface area contributed by atoms with Gasteiger partial charge in [0.25, 0.3) is 0 Å². The first kappa shape index (κ1) is 71.5. The van der Waals surface area contributed by atoms with Crippen molar-refractivity contribution in [2.45, 2.75) is 324 Å². The highest BCUT2D eigenvalue weighted by Crippen LogP contribution is 2.33. The van der Waals surface area contributed by atoms with Crippen LogP contribution in [0, 0.1) is 0 Å². The van der Waals surface area contributed by atoms with Crippen molar-refractivity contribution < 1.29 is 89.4 Å². The zero-order valence-corrected chi connectivity index (χ0v) is 48.4. The largest absolute Gasteiger partial charge is 0.394 e. The molecule has 0 saturated carbocycles. The molecule has 17 atom stereocenters. The maximum absolute atomic E-state index is 13.3. The van der Waals surface area contributed by atoms with Crippen molar-refractivity contribution in [3.63, 3.8) is 0 Å². The van der Waals surface area contributed by atoms with E-state index in [-0.39, 0.29) is 18.9 Å². The molecule has 19 nitrogen and oxygen atoms in total. The lowest BCUT2D eigenvalue weighted by Gasteiger charge is -2.48. The molecule has 0 bridgehead atoms. The van der Waals surface area contributed by atoms with Crippen molar-refractivity contribution in [1.82, 2.24) is 5.32 Å². The molecule has 0 aliphatic carbocycles. The molecule has 3 fully saturated rings. The number of nitrogens with one attached hydrogen (secondary N) is 1. The Balaban J connectivity index is 1.48. The van der Waals surface area contributed by atoms with Crippen LogP contribution in [-0.4, -0.2) is 193 Å². The summed E-state index contributed by atoms with van der Waals surface area (Å²) in [6.07, 6.45) is 18.3. The third-order valence-electron chi connectivity index (χ3n) is 15.8. The molecule has 3 rings (SSSR count). The normalized spacial score (nSPS) is 30.4. The van der Waals surface area contributed by atoms with E-state index in [2.05, 4.69) is 43.5 Å². The summed E-state index contributed by atoms with van der Waals surface area (Å²) in [5, 5.41) is 120. The molecule has 0 aromatic carbocycles. The van der Waals surface area contributed by atoms with E-state index < -0.39 is 124 Å². The molecule has 19 heteroatoms. The van der Waals surface area contributed by atoms with E-state index in [9.17, 15) is 61.0 Å². The van der Waals surface area contributed by atoms with E-state index in [1.54, 1.807) is 0 Å². The van der Waals surface area contributed by atoms with Crippen LogP contribution in [0.1, 0.15) is 219 Å². The van der Waals surface area contributed by atoms with Gasteiger partial charge in [-0.2, -0.15) is 0 Å². The second-order valence-electron chi connectivity index (χ2n) is 22.5. The predicted octanol–water partition coefficient (Wildman–Crippen LogP) is 5.93. The summed E-state index contributed by atoms with van der Waals surface area (Å²) in [5.74, 6) is -0.256. The maximum atomic E-state index is 13.3. The monoisotopic (exact) mass is 1130 g/mol. The molecule has 1 amide bonds. The summed E-state index contributed by atoms with van der Waals surface area (Å²) < 4.78 is 34.3. The molecule has 3 heterocycles. The van der Waals surface area contributed by atoms with E-state index in [0.717, 1.165) is 70.6 Å². The van der Waals surface area contributed by atoms with E-state index in [1.165, 1.54) is 116 Å². The molecule has 17 unspecified atom stereocenters. The van der Waals surface area contributed by atoms with Crippen LogP contribution in [-0.2, 0) is 33.2 Å². The van der Waals surface area contributed by atoms with Crippen molar-refractivity contribution in [3.8, 4) is 0 Å². The summed E-state index contributed by atoms with van der Waals surface area (Å²) >= 11 is 0. The van der Waals surface area contributed by atoms with Crippen LogP contribution in [0.2, 0.25) is 0 Å². The van der Waals surface area contributed by atoms with Crippen molar-refractivity contribution >= 4 is 5.91 Å². The Bertz CT molecular complexity index is 1540. The fourth-order valence-electron chi connectivity index (χ4n) is 10.6. The Kier molecular flexibility index (Phi) is 39.7. The van der Waals surface area contributed by atoms with Gasteiger partial charge in [0.15, 0.2) is 18.9 Å². The highest BCUT2D eigenvalue weighted by molar-refractivity contribution is 5.76. The number of ether oxygens (including phenoxy) is 6. The van der Waals surface area contributed by atoms with Gasteiger partial charge in [-0.15, -0.1) is 0 Å².